The van der Waals surface area contributed by atoms with Crippen LogP contribution in [-0.2, 0) is 14.4 Å². The second-order valence-corrected chi connectivity index (χ2v) is 11.3. The fourth-order valence-corrected chi connectivity index (χ4v) is 7.45. The minimum absolute atomic E-state index is 0.0346. The van der Waals surface area contributed by atoms with E-state index in [1.54, 1.807) is 12.1 Å². The SMILES string of the molecule is CN(C)[C@H]1C(=O)C(C(N)=O)=C(O)[C@]2(O)C(=O)C3=C(O)c4c(O)cccc4C(CCC4CCCC4)[C@@H]3[C@@H](O)[C@H]12. The van der Waals surface area contributed by atoms with Crippen molar-refractivity contribution in [3.8, 4) is 5.75 Å². The number of fused-ring (bicyclic) bond motifs is 3. The lowest BCUT2D eigenvalue weighted by atomic mass is 9.53. The largest absolute Gasteiger partial charge is 0.508 e. The van der Waals surface area contributed by atoms with Gasteiger partial charge < -0.3 is 31.3 Å². The van der Waals surface area contributed by atoms with Gasteiger partial charge in [0.25, 0.3) is 5.91 Å². The van der Waals surface area contributed by atoms with Crippen LogP contribution < -0.4 is 5.73 Å². The van der Waals surface area contributed by atoms with Gasteiger partial charge in [-0.05, 0) is 50.4 Å². The second-order valence-electron chi connectivity index (χ2n) is 11.3. The molecule has 0 aromatic heterocycles. The zero-order valence-corrected chi connectivity index (χ0v) is 21.4. The summed E-state index contributed by atoms with van der Waals surface area (Å²) in [6.07, 6.45) is 4.19. The summed E-state index contributed by atoms with van der Waals surface area (Å²) in [6.45, 7) is 0. The Kier molecular flexibility index (Phi) is 6.40. The number of nitrogens with two attached hydrogens (primary N) is 1. The van der Waals surface area contributed by atoms with Crippen molar-refractivity contribution in [1.29, 1.82) is 0 Å². The summed E-state index contributed by atoms with van der Waals surface area (Å²) < 4.78 is 0. The van der Waals surface area contributed by atoms with E-state index in [1.165, 1.54) is 25.1 Å². The summed E-state index contributed by atoms with van der Waals surface area (Å²) in [5.74, 6) is -8.09. The summed E-state index contributed by atoms with van der Waals surface area (Å²) in [4.78, 5) is 41.0. The van der Waals surface area contributed by atoms with Crippen LogP contribution in [0, 0.1) is 17.8 Å². The van der Waals surface area contributed by atoms with E-state index in [-0.39, 0.29) is 16.9 Å². The molecule has 0 bridgehead atoms. The predicted molar refractivity (Wildman–Crippen MR) is 136 cm³/mol. The molecule has 7 N–H and O–H groups in total. The Morgan fingerprint density at radius 3 is 2.37 bits per heavy atom. The van der Waals surface area contributed by atoms with E-state index < -0.39 is 70.1 Å². The Balaban J connectivity index is 1.73. The summed E-state index contributed by atoms with van der Waals surface area (Å²) in [6, 6.07) is 3.37. The van der Waals surface area contributed by atoms with Gasteiger partial charge in [-0.2, -0.15) is 0 Å². The van der Waals surface area contributed by atoms with E-state index >= 15 is 0 Å². The van der Waals surface area contributed by atoms with Crippen molar-refractivity contribution in [2.75, 3.05) is 14.1 Å². The van der Waals surface area contributed by atoms with Crippen molar-refractivity contribution in [3.63, 3.8) is 0 Å². The van der Waals surface area contributed by atoms with E-state index in [1.807, 2.05) is 0 Å². The Hall–Kier alpha value is -3.21. The number of hydrogen-bond acceptors (Lipinski definition) is 9. The number of aliphatic hydroxyl groups excluding tert-OH is 3. The average Bonchev–Trinajstić information content (AvgIpc) is 3.37. The van der Waals surface area contributed by atoms with Crippen molar-refractivity contribution in [2.45, 2.75) is 62.2 Å². The number of rotatable bonds is 5. The number of benzene rings is 1. The summed E-state index contributed by atoms with van der Waals surface area (Å²) in [5.41, 5.74) is 1.80. The van der Waals surface area contributed by atoms with Crippen LogP contribution in [-0.4, -0.2) is 79.7 Å². The van der Waals surface area contributed by atoms with E-state index in [0.717, 1.165) is 32.1 Å². The number of amides is 1. The zero-order valence-electron chi connectivity index (χ0n) is 21.4. The number of phenols is 1. The normalized spacial score (nSPS) is 33.4. The van der Waals surface area contributed by atoms with E-state index in [9.17, 15) is 39.9 Å². The first-order chi connectivity index (χ1) is 17.9. The third-order valence-electron chi connectivity index (χ3n) is 9.16. The quantitative estimate of drug-likeness (QED) is 0.309. The number of carbonyl (C=O) groups excluding carboxylic acids is 3. The number of ketones is 2. The third-order valence-corrected chi connectivity index (χ3v) is 9.16. The highest BCUT2D eigenvalue weighted by Crippen LogP contribution is 2.57. The molecular weight excluding hydrogens is 492 g/mol. The smallest absolute Gasteiger partial charge is 0.255 e. The Bertz CT molecular complexity index is 1280. The Labute approximate surface area is 220 Å². The number of primary amides is 1. The molecule has 4 aliphatic carbocycles. The molecule has 38 heavy (non-hydrogen) atoms. The van der Waals surface area contributed by atoms with E-state index in [4.69, 9.17) is 5.73 Å². The fraction of sp³-hybridized carbons (Fsp3) is 0.536. The monoisotopic (exact) mass is 526 g/mol. The highest BCUT2D eigenvalue weighted by Gasteiger charge is 2.68. The van der Waals surface area contributed by atoms with Gasteiger partial charge in [0.15, 0.2) is 11.4 Å². The average molecular weight is 527 g/mol. The first-order valence-electron chi connectivity index (χ1n) is 13.1. The molecule has 1 unspecified atom stereocenters. The molecule has 0 aliphatic heterocycles. The van der Waals surface area contributed by atoms with Gasteiger partial charge in [0.1, 0.15) is 22.8 Å². The number of likely N-dealkylation sites (N-methyl/N-ethyl adjacent to an activating group) is 1. The van der Waals surface area contributed by atoms with Crippen LogP contribution in [0.5, 0.6) is 5.75 Å². The van der Waals surface area contributed by atoms with Crippen molar-refractivity contribution >= 4 is 23.2 Å². The summed E-state index contributed by atoms with van der Waals surface area (Å²) >= 11 is 0. The van der Waals surface area contributed by atoms with E-state index in [2.05, 4.69) is 0 Å². The molecule has 1 amide bonds. The third kappa shape index (κ3) is 3.54. The molecule has 0 heterocycles. The molecule has 2 fully saturated rings. The standard InChI is InChI=1S/C28H34N2O8/c1-30(2)21-20-23(33)17-14(11-10-12-6-3-4-7-12)13-8-5-9-15(31)16(13)22(32)18(17)25(35)28(20,38)26(36)19(24(21)34)27(29)37/h5,8-9,12,14,17,20-21,23,31-33,36,38H,3-4,6-7,10-11H2,1-2H3,(H2,29,37)/t14?,17-,20-,21+,23+,28+/m0/s1. The maximum atomic E-state index is 14.1. The molecule has 0 saturated heterocycles. The predicted octanol–water partition coefficient (Wildman–Crippen LogP) is 1.45. The van der Waals surface area contributed by atoms with Gasteiger partial charge in [0, 0.05) is 11.5 Å². The van der Waals surface area contributed by atoms with Crippen LogP contribution in [0.4, 0.5) is 0 Å². The van der Waals surface area contributed by atoms with Crippen LogP contribution in [0.3, 0.4) is 0 Å². The highest BCUT2D eigenvalue weighted by atomic mass is 16.4. The number of phenolic OH excluding ortho intramolecular Hbond substituents is 1. The van der Waals surface area contributed by atoms with Crippen molar-refractivity contribution < 1.29 is 39.9 Å². The molecule has 10 nitrogen and oxygen atoms in total. The van der Waals surface area contributed by atoms with Crippen molar-refractivity contribution in [2.24, 2.45) is 23.5 Å². The maximum absolute atomic E-state index is 14.1. The summed E-state index contributed by atoms with van der Waals surface area (Å²) in [5, 5.41) is 56.7. The van der Waals surface area contributed by atoms with Crippen LogP contribution in [0.1, 0.15) is 55.6 Å². The highest BCUT2D eigenvalue weighted by molar-refractivity contribution is 6.24. The minimum Gasteiger partial charge on any atom is -0.508 e. The molecular formula is C28H34N2O8. The molecule has 4 aliphatic rings. The lowest BCUT2D eigenvalue weighted by Crippen LogP contribution is -2.70. The number of hydrogen-bond donors (Lipinski definition) is 6. The molecule has 1 aromatic carbocycles. The molecule has 0 radical (unpaired) electrons. The molecule has 10 heteroatoms. The fourth-order valence-electron chi connectivity index (χ4n) is 7.45. The van der Waals surface area contributed by atoms with Crippen LogP contribution >= 0.6 is 0 Å². The molecule has 0 spiro atoms. The maximum Gasteiger partial charge on any atom is 0.255 e. The second kappa shape index (κ2) is 9.21. The summed E-state index contributed by atoms with van der Waals surface area (Å²) in [7, 11) is 2.99. The van der Waals surface area contributed by atoms with Gasteiger partial charge in [-0.25, -0.2) is 0 Å². The first kappa shape index (κ1) is 26.4. The zero-order chi connectivity index (χ0) is 27.7. The lowest BCUT2D eigenvalue weighted by molar-refractivity contribution is -0.169. The van der Waals surface area contributed by atoms with Crippen LogP contribution in [0.15, 0.2) is 35.1 Å². The lowest BCUT2D eigenvalue weighted by Gasteiger charge is -2.54. The van der Waals surface area contributed by atoms with Gasteiger partial charge in [-0.15, -0.1) is 0 Å². The molecule has 5 rings (SSSR count). The number of carbonyl (C=O) groups is 3. The number of aliphatic hydroxyl groups is 4. The molecule has 2 saturated carbocycles. The van der Waals surface area contributed by atoms with Crippen molar-refractivity contribution in [3.05, 3.63) is 46.2 Å². The minimum atomic E-state index is -2.90. The number of nitrogens with zero attached hydrogens (tertiary/aromatic N) is 1. The van der Waals surface area contributed by atoms with Crippen LogP contribution in [0.2, 0.25) is 0 Å². The van der Waals surface area contributed by atoms with Gasteiger partial charge in [0.05, 0.1) is 23.6 Å². The molecule has 1 aromatic rings. The molecule has 204 valence electrons. The number of aromatic hydroxyl groups is 1. The van der Waals surface area contributed by atoms with Gasteiger partial charge in [0.2, 0.25) is 5.78 Å². The Morgan fingerprint density at radius 1 is 1.11 bits per heavy atom. The first-order valence-corrected chi connectivity index (χ1v) is 13.1. The topological polar surface area (TPSA) is 182 Å². The van der Waals surface area contributed by atoms with Gasteiger partial charge in [-0.1, -0.05) is 37.8 Å². The van der Waals surface area contributed by atoms with E-state index in [0.29, 0.717) is 17.9 Å². The Morgan fingerprint density at radius 2 is 1.76 bits per heavy atom. The van der Waals surface area contributed by atoms with Gasteiger partial charge in [-0.3, -0.25) is 19.3 Å². The van der Waals surface area contributed by atoms with Crippen LogP contribution in [0.25, 0.3) is 5.76 Å². The van der Waals surface area contributed by atoms with Gasteiger partial charge >= 0.3 is 0 Å². The van der Waals surface area contributed by atoms with Crippen molar-refractivity contribution in [1.82, 2.24) is 4.90 Å². The molecule has 6 atom stereocenters. The number of Topliss-reactive ketones (excluding diaryl/α,β-unsaturated/α-hetero) is 2.